The number of anilines is 1. The van der Waals surface area contributed by atoms with Crippen molar-refractivity contribution in [2.75, 3.05) is 11.3 Å². The van der Waals surface area contributed by atoms with Crippen LogP contribution in [0.25, 0.3) is 0 Å². The van der Waals surface area contributed by atoms with E-state index in [0.717, 1.165) is 0 Å². The van der Waals surface area contributed by atoms with Gasteiger partial charge in [-0.2, -0.15) is 13.7 Å². The van der Waals surface area contributed by atoms with E-state index in [1.165, 1.54) is 12.5 Å². The molecule has 0 aliphatic heterocycles. The predicted molar refractivity (Wildman–Crippen MR) is 71.6 cm³/mol. The molecular formula is C12H12N4O3S. The van der Waals surface area contributed by atoms with Gasteiger partial charge in [-0.25, -0.2) is 4.98 Å². The normalized spacial score (nSPS) is 10.8. The fraction of sp³-hybridized carbons (Fsp3) is 0.167. The summed E-state index contributed by atoms with van der Waals surface area (Å²) >= 11 is 0. The number of aryl methyl sites for hydroxylation is 1. The lowest BCUT2D eigenvalue weighted by Gasteiger charge is -2.07. The van der Waals surface area contributed by atoms with E-state index in [-0.39, 0.29) is 11.6 Å². The summed E-state index contributed by atoms with van der Waals surface area (Å²) in [5.74, 6) is 0.493. The van der Waals surface area contributed by atoms with E-state index in [1.54, 1.807) is 35.9 Å². The minimum Gasteiger partial charge on any atom is -0.479 e. The van der Waals surface area contributed by atoms with Gasteiger partial charge in [-0.3, -0.25) is 4.72 Å². The average molecular weight is 292 g/mol. The van der Waals surface area contributed by atoms with Gasteiger partial charge in [-0.05, 0) is 24.3 Å². The standard InChI is InChI=1S/C12H12N4O3S/c1-16-8-12(14-9-16)20(17,18)15-10-2-4-11(5-3-10)19-7-6-13/h2-5,8-9,15H,7H2,1H3. The third kappa shape index (κ3) is 3.27. The highest BCUT2D eigenvalue weighted by molar-refractivity contribution is 7.92. The first-order valence-electron chi connectivity index (χ1n) is 5.62. The quantitative estimate of drug-likeness (QED) is 0.890. The zero-order chi connectivity index (χ0) is 14.6. The van der Waals surface area contributed by atoms with Crippen molar-refractivity contribution in [2.45, 2.75) is 5.03 Å². The van der Waals surface area contributed by atoms with E-state index in [2.05, 4.69) is 9.71 Å². The fourth-order valence-electron chi connectivity index (χ4n) is 1.47. The summed E-state index contributed by atoms with van der Waals surface area (Å²) in [5.41, 5.74) is 0.389. The van der Waals surface area contributed by atoms with Crippen molar-refractivity contribution in [3.8, 4) is 11.8 Å². The summed E-state index contributed by atoms with van der Waals surface area (Å²) in [5, 5.41) is 8.34. The van der Waals surface area contributed by atoms with Crippen LogP contribution in [0, 0.1) is 11.3 Å². The van der Waals surface area contributed by atoms with E-state index >= 15 is 0 Å². The number of benzene rings is 1. The molecule has 0 unspecified atom stereocenters. The highest BCUT2D eigenvalue weighted by Crippen LogP contribution is 2.18. The van der Waals surface area contributed by atoms with Crippen molar-refractivity contribution in [2.24, 2.45) is 7.05 Å². The zero-order valence-electron chi connectivity index (χ0n) is 10.6. The smallest absolute Gasteiger partial charge is 0.280 e. The van der Waals surface area contributed by atoms with Crippen molar-refractivity contribution in [3.63, 3.8) is 0 Å². The number of imidazole rings is 1. The Bertz CT molecular complexity index is 729. The maximum absolute atomic E-state index is 12.0. The SMILES string of the molecule is Cn1cnc(S(=O)(=O)Nc2ccc(OCC#N)cc2)c1. The van der Waals surface area contributed by atoms with E-state index < -0.39 is 10.0 Å². The molecule has 2 rings (SSSR count). The molecule has 0 radical (unpaired) electrons. The number of nitrogens with one attached hydrogen (secondary N) is 1. The van der Waals surface area contributed by atoms with Gasteiger partial charge in [0.1, 0.15) is 11.8 Å². The summed E-state index contributed by atoms with van der Waals surface area (Å²) in [7, 11) is -2.01. The largest absolute Gasteiger partial charge is 0.479 e. The van der Waals surface area contributed by atoms with Crippen LogP contribution in [-0.2, 0) is 17.1 Å². The van der Waals surface area contributed by atoms with Crippen LogP contribution in [0.2, 0.25) is 0 Å². The van der Waals surface area contributed by atoms with Gasteiger partial charge in [-0.1, -0.05) is 0 Å². The van der Waals surface area contributed by atoms with Gasteiger partial charge < -0.3 is 9.30 Å². The molecule has 0 aliphatic carbocycles. The number of hydrogen-bond donors (Lipinski definition) is 1. The second-order valence-electron chi connectivity index (χ2n) is 3.95. The van der Waals surface area contributed by atoms with Crippen molar-refractivity contribution < 1.29 is 13.2 Å². The van der Waals surface area contributed by atoms with Crippen molar-refractivity contribution in [1.82, 2.24) is 9.55 Å². The molecule has 1 aromatic carbocycles. The topological polar surface area (TPSA) is 97.0 Å². The minimum atomic E-state index is -3.70. The van der Waals surface area contributed by atoms with Gasteiger partial charge in [0.05, 0.1) is 6.33 Å². The molecule has 0 aliphatic rings. The highest BCUT2D eigenvalue weighted by atomic mass is 32.2. The number of rotatable bonds is 5. The van der Waals surface area contributed by atoms with Crippen molar-refractivity contribution >= 4 is 15.7 Å². The van der Waals surface area contributed by atoms with Crippen LogP contribution in [0.3, 0.4) is 0 Å². The molecule has 8 heteroatoms. The molecule has 104 valence electrons. The number of aromatic nitrogens is 2. The fourth-order valence-corrected chi connectivity index (χ4v) is 2.51. The molecule has 0 amide bonds. The maximum Gasteiger partial charge on any atom is 0.280 e. The van der Waals surface area contributed by atoms with Crippen LogP contribution in [-0.4, -0.2) is 24.6 Å². The van der Waals surface area contributed by atoms with E-state index in [9.17, 15) is 8.42 Å². The molecule has 0 fully saturated rings. The summed E-state index contributed by atoms with van der Waals surface area (Å²) in [6.07, 6.45) is 2.82. The second-order valence-corrected chi connectivity index (χ2v) is 5.58. The molecule has 7 nitrogen and oxygen atoms in total. The monoisotopic (exact) mass is 292 g/mol. The van der Waals surface area contributed by atoms with Crippen LogP contribution >= 0.6 is 0 Å². The van der Waals surface area contributed by atoms with E-state index in [4.69, 9.17) is 10.00 Å². The molecule has 0 spiro atoms. The highest BCUT2D eigenvalue weighted by Gasteiger charge is 2.16. The van der Waals surface area contributed by atoms with Gasteiger partial charge in [0.2, 0.25) is 0 Å². The number of ether oxygens (including phenoxy) is 1. The molecule has 0 atom stereocenters. The minimum absolute atomic E-state index is 0.0511. The first-order valence-corrected chi connectivity index (χ1v) is 7.10. The molecule has 20 heavy (non-hydrogen) atoms. The molecule has 1 heterocycles. The third-order valence-electron chi connectivity index (χ3n) is 2.37. The van der Waals surface area contributed by atoms with Crippen molar-refractivity contribution in [3.05, 3.63) is 36.8 Å². The second kappa shape index (κ2) is 5.63. The van der Waals surface area contributed by atoms with Crippen LogP contribution in [0.4, 0.5) is 5.69 Å². The lowest BCUT2D eigenvalue weighted by molar-refractivity contribution is 0.368. The van der Waals surface area contributed by atoms with Gasteiger partial charge in [0.25, 0.3) is 10.0 Å². The Kier molecular flexibility index (Phi) is 3.91. The Morgan fingerprint density at radius 3 is 2.65 bits per heavy atom. The number of nitrogens with zero attached hydrogens (tertiary/aromatic N) is 3. The lowest BCUT2D eigenvalue weighted by Crippen LogP contribution is -2.13. The Balaban J connectivity index is 2.12. The van der Waals surface area contributed by atoms with Gasteiger partial charge in [0.15, 0.2) is 11.6 Å². The molecule has 0 bridgehead atoms. The number of nitriles is 1. The van der Waals surface area contributed by atoms with Crippen LogP contribution in [0.5, 0.6) is 5.75 Å². The molecule has 1 N–H and O–H groups in total. The molecule has 0 saturated carbocycles. The first kappa shape index (κ1) is 13.9. The van der Waals surface area contributed by atoms with Crippen LogP contribution in [0.15, 0.2) is 41.8 Å². The zero-order valence-corrected chi connectivity index (χ0v) is 11.5. The molecule has 2 aromatic rings. The molecular weight excluding hydrogens is 280 g/mol. The van der Waals surface area contributed by atoms with E-state index in [1.807, 2.05) is 6.07 Å². The van der Waals surface area contributed by atoms with Crippen molar-refractivity contribution in [1.29, 1.82) is 5.26 Å². The third-order valence-corrected chi connectivity index (χ3v) is 3.63. The van der Waals surface area contributed by atoms with Gasteiger partial charge >= 0.3 is 0 Å². The molecule has 1 aromatic heterocycles. The summed E-state index contributed by atoms with van der Waals surface area (Å²) < 4.78 is 33.1. The average Bonchev–Trinajstić information content (AvgIpc) is 2.85. The van der Waals surface area contributed by atoms with Crippen LogP contribution in [0.1, 0.15) is 0 Å². The summed E-state index contributed by atoms with van der Waals surface area (Å²) in [4.78, 5) is 3.79. The summed E-state index contributed by atoms with van der Waals surface area (Å²) in [6, 6.07) is 8.10. The Labute approximate surface area is 116 Å². The first-order chi connectivity index (χ1) is 9.51. The number of sulfonamides is 1. The van der Waals surface area contributed by atoms with Gasteiger partial charge in [-0.15, -0.1) is 0 Å². The lowest BCUT2D eigenvalue weighted by atomic mass is 10.3. The Hall–Kier alpha value is -2.53. The Morgan fingerprint density at radius 1 is 1.40 bits per heavy atom. The van der Waals surface area contributed by atoms with Crippen LogP contribution < -0.4 is 9.46 Å². The summed E-state index contributed by atoms with van der Waals surface area (Å²) in [6.45, 7) is -0.0565. The number of hydrogen-bond acceptors (Lipinski definition) is 5. The van der Waals surface area contributed by atoms with E-state index in [0.29, 0.717) is 11.4 Å². The molecule has 0 saturated heterocycles. The maximum atomic E-state index is 12.0. The predicted octanol–water partition coefficient (Wildman–Crippen LogP) is 1.12. The Morgan fingerprint density at radius 2 is 2.10 bits per heavy atom. The van der Waals surface area contributed by atoms with Gasteiger partial charge in [0, 0.05) is 18.9 Å².